The summed E-state index contributed by atoms with van der Waals surface area (Å²) in [6, 6.07) is 3.85. The van der Waals surface area contributed by atoms with Crippen LogP contribution >= 0.6 is 0 Å². The highest BCUT2D eigenvalue weighted by Gasteiger charge is 2.28. The third-order valence-electron chi connectivity index (χ3n) is 4.47. The number of nitrogens with zero attached hydrogens (tertiary/aromatic N) is 4. The van der Waals surface area contributed by atoms with Crippen molar-refractivity contribution in [2.45, 2.75) is 19.3 Å². The molecule has 0 fully saturated rings. The SMILES string of the molecule is COCCN(C)CCN=C1NN(O)c2cc3c(cc2N1O)CCC3. The van der Waals surface area contributed by atoms with Gasteiger partial charge in [0.2, 0.25) is 5.96 Å². The summed E-state index contributed by atoms with van der Waals surface area (Å²) in [7, 11) is 3.66. The highest BCUT2D eigenvalue weighted by molar-refractivity contribution is 6.00. The summed E-state index contributed by atoms with van der Waals surface area (Å²) >= 11 is 0. The molecule has 1 aromatic rings. The van der Waals surface area contributed by atoms with Crippen molar-refractivity contribution >= 4 is 17.3 Å². The third kappa shape index (κ3) is 3.46. The lowest BCUT2D eigenvalue weighted by Crippen LogP contribution is -2.53. The minimum absolute atomic E-state index is 0.211. The van der Waals surface area contributed by atoms with E-state index in [0.29, 0.717) is 24.5 Å². The predicted octanol–water partition coefficient (Wildman–Crippen LogP) is 1.02. The second kappa shape index (κ2) is 7.35. The molecule has 1 aliphatic heterocycles. The van der Waals surface area contributed by atoms with Gasteiger partial charge in [-0.15, -0.1) is 0 Å². The van der Waals surface area contributed by atoms with Crippen LogP contribution in [0.25, 0.3) is 0 Å². The maximum atomic E-state index is 10.4. The van der Waals surface area contributed by atoms with Crippen molar-refractivity contribution < 1.29 is 15.2 Å². The van der Waals surface area contributed by atoms with E-state index in [1.54, 1.807) is 7.11 Å². The molecule has 0 saturated heterocycles. The van der Waals surface area contributed by atoms with Gasteiger partial charge >= 0.3 is 0 Å². The monoisotopic (exact) mass is 335 g/mol. The molecular formula is C16H25N5O3. The first kappa shape index (κ1) is 17.0. The molecule has 8 nitrogen and oxygen atoms in total. The zero-order valence-corrected chi connectivity index (χ0v) is 14.2. The van der Waals surface area contributed by atoms with E-state index in [9.17, 15) is 10.4 Å². The van der Waals surface area contributed by atoms with E-state index >= 15 is 0 Å². The average Bonchev–Trinajstić information content (AvgIpc) is 3.03. The van der Waals surface area contributed by atoms with Crippen molar-refractivity contribution in [3.8, 4) is 0 Å². The second-order valence-corrected chi connectivity index (χ2v) is 6.20. The smallest absolute Gasteiger partial charge is 0.244 e. The molecule has 8 heteroatoms. The first-order chi connectivity index (χ1) is 11.6. The van der Waals surface area contributed by atoms with Crippen molar-refractivity contribution in [3.05, 3.63) is 23.3 Å². The van der Waals surface area contributed by atoms with E-state index in [1.807, 2.05) is 19.2 Å². The molecule has 0 unspecified atom stereocenters. The molecule has 3 N–H and O–H groups in total. The van der Waals surface area contributed by atoms with Gasteiger partial charge in [-0.3, -0.25) is 10.4 Å². The largest absolute Gasteiger partial charge is 0.383 e. The highest BCUT2D eigenvalue weighted by Crippen LogP contribution is 2.36. The number of aryl methyl sites for hydroxylation is 2. The first-order valence-corrected chi connectivity index (χ1v) is 8.22. The number of hydrogen-bond acceptors (Lipinski definition) is 6. The molecular weight excluding hydrogens is 310 g/mol. The molecule has 132 valence electrons. The van der Waals surface area contributed by atoms with E-state index in [4.69, 9.17) is 4.74 Å². The first-order valence-electron chi connectivity index (χ1n) is 8.22. The number of hydrogen-bond donors (Lipinski definition) is 3. The summed E-state index contributed by atoms with van der Waals surface area (Å²) in [5.74, 6) is 0.211. The molecule has 0 atom stereocenters. The lowest BCUT2D eigenvalue weighted by molar-refractivity contribution is 0.162. The number of methoxy groups -OCH3 is 1. The number of hydrazine groups is 1. The van der Waals surface area contributed by atoms with Crippen LogP contribution < -0.4 is 15.7 Å². The number of ether oxygens (including phenoxy) is 1. The number of hydroxylamine groups is 1. The van der Waals surface area contributed by atoms with Gasteiger partial charge in [-0.1, -0.05) is 0 Å². The molecule has 0 bridgehead atoms. The molecule has 0 spiro atoms. The van der Waals surface area contributed by atoms with Crippen LogP contribution in [0.4, 0.5) is 11.4 Å². The Kier molecular flexibility index (Phi) is 5.20. The molecule has 24 heavy (non-hydrogen) atoms. The van der Waals surface area contributed by atoms with Gasteiger partial charge in [0.05, 0.1) is 13.2 Å². The minimum Gasteiger partial charge on any atom is -0.383 e. The minimum atomic E-state index is 0.211. The number of likely N-dealkylation sites (N-methyl/N-ethyl adjacent to an activating group) is 1. The van der Waals surface area contributed by atoms with Crippen LogP contribution in [0.2, 0.25) is 0 Å². The molecule has 2 aliphatic rings. The van der Waals surface area contributed by atoms with Crippen molar-refractivity contribution in [2.75, 3.05) is 50.6 Å². The number of aliphatic imine (C=N–C) groups is 1. The van der Waals surface area contributed by atoms with Crippen LogP contribution in [0.15, 0.2) is 17.1 Å². The van der Waals surface area contributed by atoms with Crippen LogP contribution in [0, 0.1) is 0 Å². The molecule has 1 aromatic carbocycles. The number of anilines is 2. The van der Waals surface area contributed by atoms with Gasteiger partial charge in [0.25, 0.3) is 0 Å². The molecule has 1 heterocycles. The van der Waals surface area contributed by atoms with Crippen molar-refractivity contribution in [3.63, 3.8) is 0 Å². The Morgan fingerprint density at radius 2 is 1.92 bits per heavy atom. The van der Waals surface area contributed by atoms with E-state index in [-0.39, 0.29) is 5.96 Å². The van der Waals surface area contributed by atoms with Gasteiger partial charge in [0, 0.05) is 20.2 Å². The van der Waals surface area contributed by atoms with Crippen LogP contribution in [0.1, 0.15) is 17.5 Å². The summed E-state index contributed by atoms with van der Waals surface area (Å²) in [6.45, 7) is 2.71. The molecule has 0 radical (unpaired) electrons. The zero-order chi connectivity index (χ0) is 17.1. The lowest BCUT2D eigenvalue weighted by Gasteiger charge is -2.33. The van der Waals surface area contributed by atoms with E-state index in [2.05, 4.69) is 15.3 Å². The van der Waals surface area contributed by atoms with Crippen LogP contribution in [0.5, 0.6) is 0 Å². The van der Waals surface area contributed by atoms with Gasteiger partial charge < -0.3 is 9.64 Å². The van der Waals surface area contributed by atoms with E-state index < -0.39 is 0 Å². The van der Waals surface area contributed by atoms with Gasteiger partial charge in [0.15, 0.2) is 0 Å². The van der Waals surface area contributed by atoms with Crippen LogP contribution in [-0.4, -0.2) is 61.7 Å². The van der Waals surface area contributed by atoms with Gasteiger partial charge in [-0.05, 0) is 49.6 Å². The Hall–Kier alpha value is -1.87. The van der Waals surface area contributed by atoms with Crippen molar-refractivity contribution in [1.82, 2.24) is 10.3 Å². The Labute approximate surface area is 141 Å². The number of fused-ring (bicyclic) bond motifs is 2. The zero-order valence-electron chi connectivity index (χ0n) is 14.2. The number of guanidine groups is 1. The Morgan fingerprint density at radius 1 is 1.21 bits per heavy atom. The Balaban J connectivity index is 1.70. The Morgan fingerprint density at radius 3 is 2.62 bits per heavy atom. The summed E-state index contributed by atoms with van der Waals surface area (Å²) < 4.78 is 5.04. The van der Waals surface area contributed by atoms with Crippen molar-refractivity contribution in [1.29, 1.82) is 0 Å². The van der Waals surface area contributed by atoms with Gasteiger partial charge in [-0.2, -0.15) is 10.2 Å². The van der Waals surface area contributed by atoms with Crippen LogP contribution in [0.3, 0.4) is 0 Å². The standard InChI is InChI=1S/C16H25N5O3/c1-19(8-9-24-2)7-6-17-16-18-21(23)15-11-13-5-3-4-12(13)10-14(15)20(16)22/h10-11,22-23H,3-9H2,1-2H3,(H,17,18). The van der Waals surface area contributed by atoms with Gasteiger partial charge in [0.1, 0.15) is 11.4 Å². The fourth-order valence-corrected chi connectivity index (χ4v) is 3.04. The summed E-state index contributed by atoms with van der Waals surface area (Å²) in [5.41, 5.74) is 6.23. The highest BCUT2D eigenvalue weighted by atomic mass is 16.6. The molecule has 1 aliphatic carbocycles. The van der Waals surface area contributed by atoms with Gasteiger partial charge in [-0.25, -0.2) is 10.4 Å². The third-order valence-corrected chi connectivity index (χ3v) is 4.47. The molecule has 0 aromatic heterocycles. The second-order valence-electron chi connectivity index (χ2n) is 6.20. The number of benzene rings is 1. The molecule has 0 saturated carbocycles. The fourth-order valence-electron chi connectivity index (χ4n) is 3.04. The normalized spacial score (nSPS) is 18.1. The number of nitrogens with one attached hydrogen (secondary N) is 1. The average molecular weight is 335 g/mol. The molecule has 0 amide bonds. The lowest BCUT2D eigenvalue weighted by atomic mass is 10.1. The van der Waals surface area contributed by atoms with Crippen LogP contribution in [-0.2, 0) is 17.6 Å². The Bertz CT molecular complexity index is 622. The quantitative estimate of drug-likeness (QED) is 0.716. The maximum absolute atomic E-state index is 10.4. The summed E-state index contributed by atoms with van der Waals surface area (Å²) in [5, 5.41) is 22.6. The summed E-state index contributed by atoms with van der Waals surface area (Å²) in [4.78, 5) is 6.45. The maximum Gasteiger partial charge on any atom is 0.244 e. The topological polar surface area (TPSA) is 83.8 Å². The predicted molar refractivity (Wildman–Crippen MR) is 91.8 cm³/mol. The van der Waals surface area contributed by atoms with Crippen molar-refractivity contribution in [2.24, 2.45) is 4.99 Å². The number of rotatable bonds is 6. The van der Waals surface area contributed by atoms with E-state index in [1.165, 1.54) is 11.1 Å². The summed E-state index contributed by atoms with van der Waals surface area (Å²) in [6.07, 6.45) is 3.12. The molecule has 3 rings (SSSR count). The van der Waals surface area contributed by atoms with E-state index in [0.717, 1.165) is 42.6 Å². The fraction of sp³-hybridized carbons (Fsp3) is 0.562.